The molecular weight excluding hydrogens is 471 g/mol. The van der Waals surface area contributed by atoms with Crippen LogP contribution in [0.5, 0.6) is 5.75 Å². The molecular formula is C25H21FN4O4S. The van der Waals surface area contributed by atoms with E-state index < -0.39 is 22.9 Å². The molecule has 0 fully saturated rings. The highest BCUT2D eigenvalue weighted by Gasteiger charge is 2.40. The maximum atomic E-state index is 13.9. The summed E-state index contributed by atoms with van der Waals surface area (Å²) in [6.07, 6.45) is 1.99. The number of aliphatic imine (C=N–C) groups is 1. The third-order valence-electron chi connectivity index (χ3n) is 5.65. The van der Waals surface area contributed by atoms with E-state index >= 15 is 0 Å². The number of amides is 2. The van der Waals surface area contributed by atoms with Crippen molar-refractivity contribution in [3.05, 3.63) is 84.1 Å². The van der Waals surface area contributed by atoms with Crippen LogP contribution in [0.15, 0.2) is 81.4 Å². The largest absolute Gasteiger partial charge is 0.497 e. The first kappa shape index (κ1) is 22.9. The SMILES string of the molecule is COc1ccc(C2=NN(C3=NC(=O)[C@H](CC(=O)Nc4ccccc4F)S3)[C@@H](c3ccco3)C2)cc1. The number of halogens is 1. The minimum Gasteiger partial charge on any atom is -0.497 e. The molecule has 2 aliphatic rings. The monoisotopic (exact) mass is 492 g/mol. The van der Waals surface area contributed by atoms with E-state index in [1.807, 2.05) is 30.3 Å². The summed E-state index contributed by atoms with van der Waals surface area (Å²) in [6.45, 7) is 0. The van der Waals surface area contributed by atoms with Gasteiger partial charge in [0.1, 0.15) is 28.6 Å². The molecule has 0 aliphatic carbocycles. The Labute approximate surface area is 204 Å². The van der Waals surface area contributed by atoms with Gasteiger partial charge in [-0.2, -0.15) is 10.1 Å². The average molecular weight is 493 g/mol. The molecule has 0 bridgehead atoms. The lowest BCUT2D eigenvalue weighted by Gasteiger charge is -2.20. The summed E-state index contributed by atoms with van der Waals surface area (Å²) in [6, 6.07) is 16.8. The van der Waals surface area contributed by atoms with E-state index in [1.54, 1.807) is 30.5 Å². The topological polar surface area (TPSA) is 96.5 Å². The number of para-hydroxylation sites is 1. The average Bonchev–Trinajstić information content (AvgIpc) is 3.61. The molecule has 1 N–H and O–H groups in total. The zero-order valence-electron chi connectivity index (χ0n) is 18.7. The van der Waals surface area contributed by atoms with Crippen molar-refractivity contribution in [2.24, 2.45) is 10.1 Å². The van der Waals surface area contributed by atoms with Crippen LogP contribution < -0.4 is 10.1 Å². The smallest absolute Gasteiger partial charge is 0.262 e. The van der Waals surface area contributed by atoms with Crippen molar-refractivity contribution in [2.75, 3.05) is 12.4 Å². The van der Waals surface area contributed by atoms with Crippen molar-refractivity contribution < 1.29 is 23.1 Å². The zero-order valence-corrected chi connectivity index (χ0v) is 19.5. The Kier molecular flexibility index (Phi) is 6.37. The number of ether oxygens (including phenoxy) is 1. The van der Waals surface area contributed by atoms with Gasteiger partial charge in [-0.05, 0) is 54.1 Å². The molecule has 2 atom stereocenters. The van der Waals surface area contributed by atoms with Gasteiger partial charge in [0, 0.05) is 12.8 Å². The molecule has 178 valence electrons. The lowest BCUT2D eigenvalue weighted by Crippen LogP contribution is -2.25. The molecule has 10 heteroatoms. The highest BCUT2D eigenvalue weighted by Crippen LogP contribution is 2.39. The fourth-order valence-electron chi connectivity index (χ4n) is 3.88. The van der Waals surface area contributed by atoms with E-state index in [1.165, 1.54) is 30.0 Å². The molecule has 2 aliphatic heterocycles. The fourth-order valence-corrected chi connectivity index (χ4v) is 4.95. The molecule has 35 heavy (non-hydrogen) atoms. The predicted octanol–water partition coefficient (Wildman–Crippen LogP) is 4.61. The molecule has 0 saturated carbocycles. The van der Waals surface area contributed by atoms with E-state index in [0.717, 1.165) is 17.0 Å². The van der Waals surface area contributed by atoms with Crippen LogP contribution in [0.25, 0.3) is 0 Å². The Balaban J connectivity index is 1.33. The Morgan fingerprint density at radius 1 is 1.20 bits per heavy atom. The molecule has 0 unspecified atom stereocenters. The molecule has 0 radical (unpaired) electrons. The second-order valence-corrected chi connectivity index (χ2v) is 9.10. The summed E-state index contributed by atoms with van der Waals surface area (Å²) in [5.74, 6) is -0.0101. The first-order valence-corrected chi connectivity index (χ1v) is 11.8. The van der Waals surface area contributed by atoms with Crippen LogP contribution in [0.2, 0.25) is 0 Å². The van der Waals surface area contributed by atoms with Crippen molar-refractivity contribution in [3.63, 3.8) is 0 Å². The minimum absolute atomic E-state index is 0.0697. The first-order valence-electron chi connectivity index (χ1n) is 10.9. The normalized spacial score (nSPS) is 19.5. The number of rotatable bonds is 6. The lowest BCUT2D eigenvalue weighted by molar-refractivity contribution is -0.121. The molecule has 5 rings (SSSR count). The Hall–Kier alpha value is -3.92. The molecule has 2 aromatic carbocycles. The molecule has 3 aromatic rings. The van der Waals surface area contributed by atoms with E-state index in [0.29, 0.717) is 17.3 Å². The quantitative estimate of drug-likeness (QED) is 0.540. The van der Waals surface area contributed by atoms with Crippen LogP contribution in [0.1, 0.15) is 30.2 Å². The second kappa shape index (κ2) is 9.75. The van der Waals surface area contributed by atoms with E-state index in [4.69, 9.17) is 14.3 Å². The number of benzene rings is 2. The Bertz CT molecular complexity index is 1310. The Morgan fingerprint density at radius 2 is 2.00 bits per heavy atom. The van der Waals surface area contributed by atoms with E-state index in [2.05, 4.69) is 10.3 Å². The molecule has 1 aromatic heterocycles. The van der Waals surface area contributed by atoms with Gasteiger partial charge in [0.2, 0.25) is 5.91 Å². The number of nitrogens with one attached hydrogen (secondary N) is 1. The number of hydrogen-bond donors (Lipinski definition) is 1. The van der Waals surface area contributed by atoms with Gasteiger partial charge in [-0.3, -0.25) is 9.59 Å². The minimum atomic E-state index is -0.728. The molecule has 0 spiro atoms. The third kappa shape index (κ3) is 4.83. The predicted molar refractivity (Wildman–Crippen MR) is 131 cm³/mol. The lowest BCUT2D eigenvalue weighted by atomic mass is 10.0. The number of nitrogens with zero attached hydrogens (tertiary/aromatic N) is 3. The summed E-state index contributed by atoms with van der Waals surface area (Å²) < 4.78 is 24.7. The third-order valence-corrected chi connectivity index (χ3v) is 6.79. The molecule has 0 saturated heterocycles. The van der Waals surface area contributed by atoms with Crippen LogP contribution in [-0.4, -0.2) is 40.1 Å². The highest BCUT2D eigenvalue weighted by atomic mass is 32.2. The van der Waals surface area contributed by atoms with Gasteiger partial charge in [-0.15, -0.1) is 0 Å². The summed E-state index contributed by atoms with van der Waals surface area (Å²) in [7, 11) is 1.61. The zero-order chi connectivity index (χ0) is 24.4. The van der Waals surface area contributed by atoms with Gasteiger partial charge < -0.3 is 14.5 Å². The van der Waals surface area contributed by atoms with Crippen LogP contribution in [0.3, 0.4) is 0 Å². The van der Waals surface area contributed by atoms with Gasteiger partial charge in [0.25, 0.3) is 5.91 Å². The van der Waals surface area contributed by atoms with Crippen molar-refractivity contribution in [3.8, 4) is 5.75 Å². The Morgan fingerprint density at radius 3 is 2.71 bits per heavy atom. The van der Waals surface area contributed by atoms with Crippen LogP contribution in [0, 0.1) is 5.82 Å². The molecule has 3 heterocycles. The van der Waals surface area contributed by atoms with Crippen LogP contribution in [-0.2, 0) is 9.59 Å². The number of amidine groups is 1. The fraction of sp³-hybridized carbons (Fsp3) is 0.200. The number of anilines is 1. The first-order chi connectivity index (χ1) is 17.0. The van der Waals surface area contributed by atoms with E-state index in [9.17, 15) is 14.0 Å². The van der Waals surface area contributed by atoms with Crippen molar-refractivity contribution >= 4 is 40.1 Å². The van der Waals surface area contributed by atoms with Crippen LogP contribution in [0.4, 0.5) is 10.1 Å². The number of methoxy groups -OCH3 is 1. The van der Waals surface area contributed by atoms with Crippen LogP contribution >= 0.6 is 11.8 Å². The van der Waals surface area contributed by atoms with Crippen molar-refractivity contribution in [2.45, 2.75) is 24.1 Å². The molecule has 8 nitrogen and oxygen atoms in total. The number of hydrogen-bond acceptors (Lipinski definition) is 7. The van der Waals surface area contributed by atoms with Gasteiger partial charge in [0.05, 0.1) is 24.8 Å². The van der Waals surface area contributed by atoms with E-state index in [-0.39, 0.29) is 18.2 Å². The number of carbonyl (C=O) groups excluding carboxylic acids is 2. The summed E-state index contributed by atoms with van der Waals surface area (Å²) >= 11 is 1.17. The summed E-state index contributed by atoms with van der Waals surface area (Å²) in [5, 5.41) is 8.61. The van der Waals surface area contributed by atoms with Crippen molar-refractivity contribution in [1.82, 2.24) is 5.01 Å². The second-order valence-electron chi connectivity index (χ2n) is 7.93. The van der Waals surface area contributed by atoms with Crippen molar-refractivity contribution in [1.29, 1.82) is 0 Å². The standard InChI is InChI=1S/C25H21FN4O4S/c1-33-16-10-8-15(9-11-16)19-13-20(21-7-4-12-34-21)30(29-19)25-28-24(32)22(35-25)14-23(31)27-18-6-3-2-5-17(18)26/h2-12,20,22H,13-14H2,1H3,(H,27,31)/t20-,22+/m1/s1. The maximum absolute atomic E-state index is 13.9. The number of carbonyl (C=O) groups is 2. The van der Waals surface area contributed by atoms with Gasteiger partial charge in [-0.25, -0.2) is 9.40 Å². The molecule has 2 amide bonds. The number of furan rings is 1. The van der Waals surface area contributed by atoms with Gasteiger partial charge >= 0.3 is 0 Å². The van der Waals surface area contributed by atoms with Gasteiger partial charge in [-0.1, -0.05) is 23.9 Å². The number of thioether (sulfide) groups is 1. The number of hydrazone groups is 1. The summed E-state index contributed by atoms with van der Waals surface area (Å²) in [4.78, 5) is 29.3. The maximum Gasteiger partial charge on any atom is 0.262 e. The van der Waals surface area contributed by atoms with Gasteiger partial charge in [0.15, 0.2) is 5.17 Å². The summed E-state index contributed by atoms with van der Waals surface area (Å²) in [5.41, 5.74) is 1.80. The highest BCUT2D eigenvalue weighted by molar-refractivity contribution is 8.15.